The van der Waals surface area contributed by atoms with Gasteiger partial charge in [-0.15, -0.1) is 0 Å². The van der Waals surface area contributed by atoms with Gasteiger partial charge in [-0.3, -0.25) is 4.79 Å². The van der Waals surface area contributed by atoms with Gasteiger partial charge in [0.05, 0.1) is 12.3 Å². The van der Waals surface area contributed by atoms with Gasteiger partial charge in [0, 0.05) is 5.02 Å². The molecule has 0 amide bonds. The summed E-state index contributed by atoms with van der Waals surface area (Å²) in [5.41, 5.74) is 0.342. The summed E-state index contributed by atoms with van der Waals surface area (Å²) in [6, 6.07) is 5.84. The van der Waals surface area contributed by atoms with E-state index in [1.54, 1.807) is 0 Å². The number of halogens is 4. The lowest BCUT2D eigenvalue weighted by Gasteiger charge is -2.16. The summed E-state index contributed by atoms with van der Waals surface area (Å²) in [4.78, 5) is 11.2. The van der Waals surface area contributed by atoms with E-state index >= 15 is 0 Å². The number of carbonyl (C=O) groups excluding carboxylic acids is 1. The average Bonchev–Trinajstić information content (AvgIpc) is 2.14. The Bertz CT molecular complexity index is 370. The molecule has 16 heavy (non-hydrogen) atoms. The van der Waals surface area contributed by atoms with Crippen LogP contribution in [0.15, 0.2) is 24.3 Å². The number of carbonyl (C=O) groups is 1. The van der Waals surface area contributed by atoms with Crippen LogP contribution in [0.4, 0.5) is 13.2 Å². The SMILES string of the molecule is CC(=O)[C@H](CC(F)(F)F)c1ccc(Cl)cc1. The first-order valence-corrected chi connectivity index (χ1v) is 5.00. The fraction of sp³-hybridized carbons (Fsp3) is 0.364. The van der Waals surface area contributed by atoms with Gasteiger partial charge in [0.25, 0.3) is 0 Å². The second-order valence-electron chi connectivity index (χ2n) is 3.53. The van der Waals surface area contributed by atoms with E-state index in [0.717, 1.165) is 6.92 Å². The fourth-order valence-electron chi connectivity index (χ4n) is 1.42. The van der Waals surface area contributed by atoms with E-state index in [1.807, 2.05) is 0 Å². The number of benzene rings is 1. The number of alkyl halides is 3. The molecule has 0 radical (unpaired) electrons. The van der Waals surface area contributed by atoms with Crippen LogP contribution in [0, 0.1) is 0 Å². The zero-order valence-corrected chi connectivity index (χ0v) is 9.27. The maximum atomic E-state index is 12.3. The number of hydrogen-bond acceptors (Lipinski definition) is 1. The summed E-state index contributed by atoms with van der Waals surface area (Å²) in [6.45, 7) is 1.16. The van der Waals surface area contributed by atoms with Gasteiger partial charge < -0.3 is 0 Å². The van der Waals surface area contributed by atoms with Gasteiger partial charge in [-0.1, -0.05) is 23.7 Å². The molecule has 1 aromatic carbocycles. The highest BCUT2D eigenvalue weighted by molar-refractivity contribution is 6.30. The van der Waals surface area contributed by atoms with E-state index in [-0.39, 0.29) is 0 Å². The Kier molecular flexibility index (Phi) is 3.97. The first-order valence-electron chi connectivity index (χ1n) is 4.62. The molecule has 0 unspecified atom stereocenters. The lowest BCUT2D eigenvalue weighted by Crippen LogP contribution is -2.19. The van der Waals surface area contributed by atoms with Crippen molar-refractivity contribution in [2.75, 3.05) is 0 Å². The van der Waals surface area contributed by atoms with Gasteiger partial charge in [-0.25, -0.2) is 0 Å². The fourth-order valence-corrected chi connectivity index (χ4v) is 1.55. The Balaban J connectivity index is 2.94. The molecule has 1 rings (SSSR count). The maximum Gasteiger partial charge on any atom is 0.390 e. The monoisotopic (exact) mass is 250 g/mol. The van der Waals surface area contributed by atoms with Crippen LogP contribution in [-0.4, -0.2) is 12.0 Å². The Morgan fingerprint density at radius 3 is 2.19 bits per heavy atom. The molecule has 0 aliphatic rings. The molecule has 5 heteroatoms. The van der Waals surface area contributed by atoms with Gasteiger partial charge in [0.2, 0.25) is 0 Å². The van der Waals surface area contributed by atoms with Crippen molar-refractivity contribution < 1.29 is 18.0 Å². The highest BCUT2D eigenvalue weighted by Gasteiger charge is 2.34. The van der Waals surface area contributed by atoms with E-state index in [2.05, 4.69) is 0 Å². The number of hydrogen-bond donors (Lipinski definition) is 0. The van der Waals surface area contributed by atoms with Crippen LogP contribution in [0.5, 0.6) is 0 Å². The minimum Gasteiger partial charge on any atom is -0.299 e. The van der Waals surface area contributed by atoms with Crippen LogP contribution < -0.4 is 0 Å². The van der Waals surface area contributed by atoms with Gasteiger partial charge in [-0.05, 0) is 24.6 Å². The third kappa shape index (κ3) is 3.85. The smallest absolute Gasteiger partial charge is 0.299 e. The average molecular weight is 251 g/mol. The topological polar surface area (TPSA) is 17.1 Å². The third-order valence-electron chi connectivity index (χ3n) is 2.20. The quantitative estimate of drug-likeness (QED) is 0.793. The molecule has 0 saturated heterocycles. The van der Waals surface area contributed by atoms with Crippen molar-refractivity contribution in [1.29, 1.82) is 0 Å². The molecule has 1 nitrogen and oxygen atoms in total. The highest BCUT2D eigenvalue weighted by atomic mass is 35.5. The molecule has 0 heterocycles. The van der Waals surface area contributed by atoms with Crippen molar-refractivity contribution in [1.82, 2.24) is 0 Å². The third-order valence-corrected chi connectivity index (χ3v) is 2.45. The first kappa shape index (κ1) is 13.0. The second-order valence-corrected chi connectivity index (χ2v) is 3.97. The number of Topliss-reactive ketones (excluding diaryl/α,β-unsaturated/α-hetero) is 1. The molecule has 1 atom stereocenters. The van der Waals surface area contributed by atoms with Gasteiger partial charge in [0.1, 0.15) is 5.78 Å². The summed E-state index contributed by atoms with van der Waals surface area (Å²) in [5, 5.41) is 0.429. The summed E-state index contributed by atoms with van der Waals surface area (Å²) < 4.78 is 36.8. The van der Waals surface area contributed by atoms with Crippen molar-refractivity contribution in [2.45, 2.75) is 25.4 Å². The standard InChI is InChI=1S/C11H10ClF3O/c1-7(16)10(6-11(13,14)15)8-2-4-9(12)5-3-8/h2-5,10H,6H2,1H3/t10-/m0/s1. The molecular formula is C11H10ClF3O. The van der Waals surface area contributed by atoms with Gasteiger partial charge in [-0.2, -0.15) is 13.2 Å². The van der Waals surface area contributed by atoms with Crippen molar-refractivity contribution in [3.63, 3.8) is 0 Å². The van der Waals surface area contributed by atoms with Crippen molar-refractivity contribution >= 4 is 17.4 Å². The molecule has 0 aromatic heterocycles. The van der Waals surface area contributed by atoms with Crippen LogP contribution >= 0.6 is 11.6 Å². The predicted octanol–water partition coefficient (Wildman–Crippen LogP) is 3.97. The molecule has 0 bridgehead atoms. The van der Waals surface area contributed by atoms with Gasteiger partial charge in [0.15, 0.2) is 0 Å². The number of ketones is 1. The van der Waals surface area contributed by atoms with Crippen molar-refractivity contribution in [3.05, 3.63) is 34.9 Å². The lowest BCUT2D eigenvalue weighted by atomic mass is 9.92. The molecule has 0 N–H and O–H groups in total. The van der Waals surface area contributed by atoms with E-state index in [0.29, 0.717) is 10.6 Å². The molecule has 0 fully saturated rings. The van der Waals surface area contributed by atoms with E-state index in [4.69, 9.17) is 11.6 Å². The van der Waals surface area contributed by atoms with Crippen LogP contribution in [0.2, 0.25) is 5.02 Å². The largest absolute Gasteiger partial charge is 0.390 e. The Morgan fingerprint density at radius 2 is 1.81 bits per heavy atom. The van der Waals surface area contributed by atoms with Crippen molar-refractivity contribution in [2.24, 2.45) is 0 Å². The molecule has 1 aromatic rings. The summed E-state index contributed by atoms with van der Waals surface area (Å²) in [6.07, 6.45) is -5.49. The highest BCUT2D eigenvalue weighted by Crippen LogP contribution is 2.32. The van der Waals surface area contributed by atoms with E-state index in [9.17, 15) is 18.0 Å². The Morgan fingerprint density at radius 1 is 1.31 bits per heavy atom. The zero-order valence-electron chi connectivity index (χ0n) is 8.51. The molecule has 0 spiro atoms. The molecule has 0 aliphatic heterocycles. The zero-order chi connectivity index (χ0) is 12.3. The molecule has 0 saturated carbocycles. The van der Waals surface area contributed by atoms with Crippen LogP contribution in [-0.2, 0) is 4.79 Å². The minimum atomic E-state index is -4.35. The second kappa shape index (κ2) is 4.87. The maximum absolute atomic E-state index is 12.3. The normalized spacial score (nSPS) is 13.6. The Labute approximate surface area is 96.2 Å². The number of rotatable bonds is 3. The van der Waals surface area contributed by atoms with Crippen LogP contribution in [0.1, 0.15) is 24.8 Å². The van der Waals surface area contributed by atoms with Crippen LogP contribution in [0.25, 0.3) is 0 Å². The first-order chi connectivity index (χ1) is 7.29. The van der Waals surface area contributed by atoms with E-state index < -0.39 is 24.3 Å². The molecule has 88 valence electrons. The predicted molar refractivity (Wildman–Crippen MR) is 55.5 cm³/mol. The molecular weight excluding hydrogens is 241 g/mol. The van der Waals surface area contributed by atoms with Crippen LogP contribution in [0.3, 0.4) is 0 Å². The molecule has 0 aliphatic carbocycles. The van der Waals surface area contributed by atoms with Gasteiger partial charge >= 0.3 is 6.18 Å². The summed E-state index contributed by atoms with van der Waals surface area (Å²) in [5.74, 6) is -1.64. The van der Waals surface area contributed by atoms with E-state index in [1.165, 1.54) is 24.3 Å². The van der Waals surface area contributed by atoms with Crippen molar-refractivity contribution in [3.8, 4) is 0 Å². The lowest BCUT2D eigenvalue weighted by molar-refractivity contribution is -0.146. The summed E-state index contributed by atoms with van der Waals surface area (Å²) >= 11 is 5.62. The Hall–Kier alpha value is -1.03. The summed E-state index contributed by atoms with van der Waals surface area (Å²) in [7, 11) is 0. The minimum absolute atomic E-state index is 0.342.